The second kappa shape index (κ2) is 7.90. The van der Waals surface area contributed by atoms with Gasteiger partial charge in [0.2, 0.25) is 11.8 Å². The second-order valence-corrected chi connectivity index (χ2v) is 6.09. The van der Waals surface area contributed by atoms with Crippen molar-refractivity contribution in [3.05, 3.63) is 29.6 Å². The van der Waals surface area contributed by atoms with E-state index in [0.717, 1.165) is 31.7 Å². The van der Waals surface area contributed by atoms with E-state index in [1.54, 1.807) is 0 Å². The van der Waals surface area contributed by atoms with Crippen LogP contribution in [0.15, 0.2) is 18.2 Å². The first-order chi connectivity index (χ1) is 11.4. The summed E-state index contributed by atoms with van der Waals surface area (Å²) < 4.78 is 13.9. The highest BCUT2D eigenvalue weighted by Crippen LogP contribution is 2.28. The van der Waals surface area contributed by atoms with Crippen molar-refractivity contribution in [2.75, 3.05) is 5.32 Å². The van der Waals surface area contributed by atoms with E-state index < -0.39 is 24.2 Å². The van der Waals surface area contributed by atoms with Gasteiger partial charge in [-0.2, -0.15) is 0 Å². The summed E-state index contributed by atoms with van der Waals surface area (Å²) in [6.07, 6.45) is 3.35. The van der Waals surface area contributed by atoms with E-state index in [4.69, 9.17) is 5.11 Å². The van der Waals surface area contributed by atoms with Crippen LogP contribution in [-0.2, 0) is 20.8 Å². The van der Waals surface area contributed by atoms with Crippen LogP contribution in [-0.4, -0.2) is 28.9 Å². The molecule has 1 fully saturated rings. The van der Waals surface area contributed by atoms with E-state index in [1.165, 1.54) is 19.1 Å². The molecule has 0 aromatic heterocycles. The smallest absolute Gasteiger partial charge is 0.307 e. The third-order valence-corrected chi connectivity index (χ3v) is 4.17. The molecule has 1 atom stereocenters. The van der Waals surface area contributed by atoms with Gasteiger partial charge >= 0.3 is 5.97 Å². The molecule has 0 spiro atoms. The summed E-state index contributed by atoms with van der Waals surface area (Å²) in [5.74, 6) is -2.41. The molecule has 1 unspecified atom stereocenters. The predicted molar refractivity (Wildman–Crippen MR) is 85.9 cm³/mol. The van der Waals surface area contributed by atoms with Crippen molar-refractivity contribution in [2.45, 2.75) is 45.1 Å². The lowest BCUT2D eigenvalue weighted by molar-refractivity contribution is -0.136. The molecule has 1 saturated carbocycles. The van der Waals surface area contributed by atoms with Gasteiger partial charge in [-0.25, -0.2) is 4.39 Å². The Kier molecular flexibility index (Phi) is 5.89. The number of carboxylic acids is 1. The molecule has 7 heteroatoms. The highest BCUT2D eigenvalue weighted by molar-refractivity contribution is 5.97. The zero-order valence-electron chi connectivity index (χ0n) is 13.5. The largest absolute Gasteiger partial charge is 0.481 e. The van der Waals surface area contributed by atoms with E-state index in [1.807, 2.05) is 0 Å². The lowest BCUT2D eigenvalue weighted by Gasteiger charge is -2.23. The summed E-state index contributed by atoms with van der Waals surface area (Å²) in [6.45, 7) is 1.36. The van der Waals surface area contributed by atoms with Gasteiger partial charge in [0, 0.05) is 12.6 Å². The zero-order chi connectivity index (χ0) is 17.7. The first-order valence-electron chi connectivity index (χ1n) is 7.95. The van der Waals surface area contributed by atoms with Crippen molar-refractivity contribution in [3.63, 3.8) is 0 Å². The molecular formula is C17H21FN2O4. The molecule has 1 aromatic carbocycles. The van der Waals surface area contributed by atoms with Crippen LogP contribution in [0.5, 0.6) is 0 Å². The SMILES string of the molecule is CC(=O)NC(C(=O)Nc1ccc(CC(=O)O)c(F)c1)C1CCCC1. The standard InChI is InChI=1S/C17H21FN2O4/c1-10(21)19-16(11-4-2-3-5-11)17(24)20-13-7-6-12(8-15(22)23)14(18)9-13/h6-7,9,11,16H,2-5,8H2,1H3,(H,19,21)(H,20,24)(H,22,23). The summed E-state index contributed by atoms with van der Waals surface area (Å²) in [4.78, 5) is 34.5. The van der Waals surface area contributed by atoms with Crippen molar-refractivity contribution in [2.24, 2.45) is 5.92 Å². The maximum atomic E-state index is 13.9. The van der Waals surface area contributed by atoms with Gasteiger partial charge in [0.15, 0.2) is 0 Å². The highest BCUT2D eigenvalue weighted by atomic mass is 19.1. The number of nitrogens with one attached hydrogen (secondary N) is 2. The minimum absolute atomic E-state index is 0.0507. The number of hydrogen-bond donors (Lipinski definition) is 3. The third kappa shape index (κ3) is 4.78. The Labute approximate surface area is 139 Å². The molecule has 130 valence electrons. The molecule has 0 aliphatic heterocycles. The maximum absolute atomic E-state index is 13.9. The van der Waals surface area contributed by atoms with E-state index in [0.29, 0.717) is 0 Å². The zero-order valence-corrected chi connectivity index (χ0v) is 13.5. The van der Waals surface area contributed by atoms with Crippen molar-refractivity contribution >= 4 is 23.5 Å². The van der Waals surface area contributed by atoms with Crippen LogP contribution in [0.25, 0.3) is 0 Å². The van der Waals surface area contributed by atoms with Crippen LogP contribution < -0.4 is 10.6 Å². The highest BCUT2D eigenvalue weighted by Gasteiger charge is 2.31. The van der Waals surface area contributed by atoms with Crippen LogP contribution in [0, 0.1) is 11.7 Å². The Morgan fingerprint density at radius 2 is 1.96 bits per heavy atom. The van der Waals surface area contributed by atoms with Crippen molar-refractivity contribution in [1.82, 2.24) is 5.32 Å². The lowest BCUT2D eigenvalue weighted by atomic mass is 9.97. The number of carboxylic acid groups (broad SMARTS) is 1. The molecule has 0 heterocycles. The van der Waals surface area contributed by atoms with Crippen LogP contribution >= 0.6 is 0 Å². The van der Waals surface area contributed by atoms with Crippen LogP contribution in [0.3, 0.4) is 0 Å². The van der Waals surface area contributed by atoms with E-state index in [-0.39, 0.29) is 29.0 Å². The minimum atomic E-state index is -1.13. The lowest BCUT2D eigenvalue weighted by Crippen LogP contribution is -2.47. The fourth-order valence-electron chi connectivity index (χ4n) is 3.06. The molecule has 3 N–H and O–H groups in total. The Balaban J connectivity index is 2.09. The summed E-state index contributed by atoms with van der Waals surface area (Å²) in [7, 11) is 0. The monoisotopic (exact) mass is 336 g/mol. The molecule has 24 heavy (non-hydrogen) atoms. The van der Waals surface area contributed by atoms with Crippen molar-refractivity contribution in [1.29, 1.82) is 0 Å². The molecule has 1 aliphatic carbocycles. The molecule has 6 nitrogen and oxygen atoms in total. The maximum Gasteiger partial charge on any atom is 0.307 e. The number of hydrogen-bond acceptors (Lipinski definition) is 3. The average molecular weight is 336 g/mol. The second-order valence-electron chi connectivity index (χ2n) is 6.09. The molecule has 2 amide bonds. The third-order valence-electron chi connectivity index (χ3n) is 4.17. The number of rotatable bonds is 6. The summed E-state index contributed by atoms with van der Waals surface area (Å²) in [5.41, 5.74) is 0.287. The van der Waals surface area contributed by atoms with Gasteiger partial charge in [0.1, 0.15) is 11.9 Å². The van der Waals surface area contributed by atoms with Crippen LogP contribution in [0.1, 0.15) is 38.2 Å². The van der Waals surface area contributed by atoms with Gasteiger partial charge in [0.25, 0.3) is 0 Å². The molecule has 0 bridgehead atoms. The fraction of sp³-hybridized carbons (Fsp3) is 0.471. The number of benzene rings is 1. The van der Waals surface area contributed by atoms with E-state index >= 15 is 0 Å². The van der Waals surface area contributed by atoms with Gasteiger partial charge < -0.3 is 15.7 Å². The molecule has 0 radical (unpaired) electrons. The van der Waals surface area contributed by atoms with E-state index in [2.05, 4.69) is 10.6 Å². The number of aliphatic carboxylic acids is 1. The molecule has 2 rings (SSSR count). The number of halogens is 1. The van der Waals surface area contributed by atoms with Crippen molar-refractivity contribution in [3.8, 4) is 0 Å². The van der Waals surface area contributed by atoms with Gasteiger partial charge in [-0.1, -0.05) is 18.9 Å². The molecular weight excluding hydrogens is 315 g/mol. The van der Waals surface area contributed by atoms with Gasteiger partial charge in [-0.05, 0) is 36.5 Å². The number of carbonyl (C=O) groups is 3. The number of carbonyl (C=O) groups excluding carboxylic acids is 2. The Morgan fingerprint density at radius 3 is 2.50 bits per heavy atom. The first kappa shape index (κ1) is 17.9. The Morgan fingerprint density at radius 1 is 1.29 bits per heavy atom. The summed E-state index contributed by atoms with van der Waals surface area (Å²) in [5, 5.41) is 14.0. The van der Waals surface area contributed by atoms with Crippen LogP contribution in [0.4, 0.5) is 10.1 Å². The van der Waals surface area contributed by atoms with E-state index in [9.17, 15) is 18.8 Å². The Hall–Kier alpha value is -2.44. The predicted octanol–water partition coefficient (Wildman–Crippen LogP) is 2.09. The van der Waals surface area contributed by atoms with Crippen LogP contribution in [0.2, 0.25) is 0 Å². The van der Waals surface area contributed by atoms with Gasteiger partial charge in [0.05, 0.1) is 6.42 Å². The molecule has 1 aromatic rings. The first-order valence-corrected chi connectivity index (χ1v) is 7.95. The molecule has 0 saturated heterocycles. The van der Waals surface area contributed by atoms with Gasteiger partial charge in [-0.15, -0.1) is 0 Å². The quantitative estimate of drug-likeness (QED) is 0.741. The van der Waals surface area contributed by atoms with Crippen molar-refractivity contribution < 1.29 is 23.9 Å². The summed E-state index contributed by atoms with van der Waals surface area (Å²) >= 11 is 0. The fourth-order valence-corrected chi connectivity index (χ4v) is 3.06. The minimum Gasteiger partial charge on any atom is -0.481 e. The normalized spacial score (nSPS) is 15.8. The average Bonchev–Trinajstić information content (AvgIpc) is 3.01. The number of amides is 2. The summed E-state index contributed by atoms with van der Waals surface area (Å²) in [6, 6.07) is 3.24. The molecule has 1 aliphatic rings. The topological polar surface area (TPSA) is 95.5 Å². The Bertz CT molecular complexity index is 641. The number of anilines is 1. The van der Waals surface area contributed by atoms with Gasteiger partial charge in [-0.3, -0.25) is 14.4 Å².